The van der Waals surface area contributed by atoms with Gasteiger partial charge >= 0.3 is 0 Å². The van der Waals surface area contributed by atoms with Crippen molar-refractivity contribution in [1.29, 1.82) is 0 Å². The van der Waals surface area contributed by atoms with Gasteiger partial charge < -0.3 is 24.8 Å². The highest BCUT2D eigenvalue weighted by molar-refractivity contribution is 4.87. The maximum Gasteiger partial charge on any atom is 0.111 e. The Morgan fingerprint density at radius 1 is 0.733 bits per heavy atom. The minimum Gasteiger partial charge on any atom is -0.394 e. The predicted octanol–water partition coefficient (Wildman–Crippen LogP) is 4.91. The lowest BCUT2D eigenvalue weighted by Crippen LogP contribution is -2.55. The molecular formula is C25H48O5. The van der Waals surface area contributed by atoms with Gasteiger partial charge in [-0.3, -0.25) is 0 Å². The van der Waals surface area contributed by atoms with E-state index >= 15 is 0 Å². The molecule has 1 heterocycles. The van der Waals surface area contributed by atoms with E-state index in [0.29, 0.717) is 6.61 Å². The zero-order valence-electron chi connectivity index (χ0n) is 19.2. The van der Waals surface area contributed by atoms with E-state index in [1.807, 2.05) is 6.08 Å². The molecule has 178 valence electrons. The van der Waals surface area contributed by atoms with Crippen LogP contribution in [0.5, 0.6) is 0 Å². The van der Waals surface area contributed by atoms with E-state index in [9.17, 15) is 10.2 Å². The summed E-state index contributed by atoms with van der Waals surface area (Å²) >= 11 is 0. The van der Waals surface area contributed by atoms with E-state index in [-0.39, 0.29) is 13.2 Å². The van der Waals surface area contributed by atoms with Gasteiger partial charge in [0.15, 0.2) is 0 Å². The Labute approximate surface area is 184 Å². The fourth-order valence-corrected chi connectivity index (χ4v) is 4.09. The van der Waals surface area contributed by atoms with Gasteiger partial charge in [0, 0.05) is 6.61 Å². The fraction of sp³-hybridized carbons (Fsp3) is 0.920. The monoisotopic (exact) mass is 428 g/mol. The van der Waals surface area contributed by atoms with Crippen molar-refractivity contribution in [3.05, 3.63) is 12.7 Å². The molecule has 0 saturated carbocycles. The second-order valence-corrected chi connectivity index (χ2v) is 8.83. The molecular weight excluding hydrogens is 380 g/mol. The standard InChI is InChI=1S/C25H48O5/c1-2-3-4-5-6-7-8-9-10-11-12-13-14-15-16-17-18-19-29-23-21-30-22(20-26)24(27)25(23)28/h2,22-28H,1,3-21H2/t22-,23+,24-,25-/m0/s1. The van der Waals surface area contributed by atoms with Gasteiger partial charge in [-0.15, -0.1) is 6.58 Å². The molecule has 30 heavy (non-hydrogen) atoms. The number of unbranched alkanes of at least 4 members (excludes halogenated alkanes) is 15. The van der Waals surface area contributed by atoms with E-state index in [2.05, 4.69) is 6.58 Å². The molecule has 1 rings (SSSR count). The van der Waals surface area contributed by atoms with Crippen molar-refractivity contribution in [2.75, 3.05) is 19.8 Å². The second kappa shape index (κ2) is 19.2. The van der Waals surface area contributed by atoms with E-state index in [1.165, 1.54) is 89.9 Å². The van der Waals surface area contributed by atoms with Gasteiger partial charge in [0.2, 0.25) is 0 Å². The highest BCUT2D eigenvalue weighted by Gasteiger charge is 2.38. The number of allylic oxidation sites excluding steroid dienone is 1. The van der Waals surface area contributed by atoms with Gasteiger partial charge in [0.1, 0.15) is 24.4 Å². The summed E-state index contributed by atoms with van der Waals surface area (Å²) in [6.45, 7) is 4.28. The van der Waals surface area contributed by atoms with E-state index in [0.717, 1.165) is 12.8 Å². The number of ether oxygens (including phenoxy) is 2. The molecule has 1 aliphatic rings. The van der Waals surface area contributed by atoms with Gasteiger partial charge in [-0.05, 0) is 19.3 Å². The minimum absolute atomic E-state index is 0.221. The van der Waals surface area contributed by atoms with Crippen LogP contribution in [0.4, 0.5) is 0 Å². The first-order valence-electron chi connectivity index (χ1n) is 12.5. The lowest BCUT2D eigenvalue weighted by molar-refractivity contribution is -0.208. The molecule has 0 aliphatic carbocycles. The zero-order valence-corrected chi connectivity index (χ0v) is 19.2. The Morgan fingerprint density at radius 2 is 1.20 bits per heavy atom. The van der Waals surface area contributed by atoms with Gasteiger partial charge in [-0.1, -0.05) is 89.5 Å². The maximum atomic E-state index is 10.0. The Balaban J connectivity index is 1.78. The summed E-state index contributed by atoms with van der Waals surface area (Å²) in [7, 11) is 0. The summed E-state index contributed by atoms with van der Waals surface area (Å²) in [4.78, 5) is 0. The first-order valence-corrected chi connectivity index (χ1v) is 12.5. The largest absolute Gasteiger partial charge is 0.394 e. The summed E-state index contributed by atoms with van der Waals surface area (Å²) in [6, 6.07) is 0. The van der Waals surface area contributed by atoms with Crippen LogP contribution in [0, 0.1) is 0 Å². The predicted molar refractivity (Wildman–Crippen MR) is 123 cm³/mol. The second-order valence-electron chi connectivity index (χ2n) is 8.83. The zero-order chi connectivity index (χ0) is 21.9. The molecule has 0 spiro atoms. The molecule has 0 radical (unpaired) electrons. The lowest BCUT2D eigenvalue weighted by Gasteiger charge is -2.36. The van der Waals surface area contributed by atoms with Crippen LogP contribution < -0.4 is 0 Å². The molecule has 0 amide bonds. The van der Waals surface area contributed by atoms with Crippen LogP contribution in [-0.4, -0.2) is 59.6 Å². The summed E-state index contributed by atoms with van der Waals surface area (Å²) < 4.78 is 11.0. The third kappa shape index (κ3) is 13.1. The molecule has 5 nitrogen and oxygen atoms in total. The van der Waals surface area contributed by atoms with Crippen LogP contribution in [0.25, 0.3) is 0 Å². The molecule has 0 bridgehead atoms. The van der Waals surface area contributed by atoms with Crippen LogP contribution in [0.1, 0.15) is 103 Å². The van der Waals surface area contributed by atoms with Crippen LogP contribution in [0.2, 0.25) is 0 Å². The summed E-state index contributed by atoms with van der Waals surface area (Å²) in [5.74, 6) is 0. The molecule has 0 aromatic rings. The van der Waals surface area contributed by atoms with Crippen molar-refractivity contribution in [3.63, 3.8) is 0 Å². The molecule has 1 aliphatic heterocycles. The Bertz CT molecular complexity index is 390. The summed E-state index contributed by atoms with van der Waals surface area (Å²) in [5, 5.41) is 28.9. The molecule has 3 N–H and O–H groups in total. The topological polar surface area (TPSA) is 79.2 Å². The summed E-state index contributed by atoms with van der Waals surface area (Å²) in [6.07, 6.45) is 19.7. The Kier molecular flexibility index (Phi) is 17.7. The average molecular weight is 429 g/mol. The van der Waals surface area contributed by atoms with Crippen molar-refractivity contribution < 1.29 is 24.8 Å². The fourth-order valence-electron chi connectivity index (χ4n) is 4.09. The van der Waals surface area contributed by atoms with Crippen molar-refractivity contribution >= 4 is 0 Å². The number of aliphatic hydroxyl groups excluding tert-OH is 3. The van der Waals surface area contributed by atoms with Crippen molar-refractivity contribution in [1.82, 2.24) is 0 Å². The molecule has 1 fully saturated rings. The third-order valence-corrected chi connectivity index (χ3v) is 6.15. The maximum absolute atomic E-state index is 10.0. The number of rotatable bonds is 20. The average Bonchev–Trinajstić information content (AvgIpc) is 2.75. The Morgan fingerprint density at radius 3 is 1.67 bits per heavy atom. The quantitative estimate of drug-likeness (QED) is 0.190. The highest BCUT2D eigenvalue weighted by atomic mass is 16.6. The molecule has 0 aromatic heterocycles. The van der Waals surface area contributed by atoms with E-state index in [4.69, 9.17) is 14.6 Å². The normalized spacial score (nSPS) is 24.2. The first-order chi connectivity index (χ1) is 14.7. The van der Waals surface area contributed by atoms with Gasteiger partial charge in [-0.25, -0.2) is 0 Å². The van der Waals surface area contributed by atoms with Crippen LogP contribution >= 0.6 is 0 Å². The van der Waals surface area contributed by atoms with Crippen LogP contribution in [0.15, 0.2) is 12.7 Å². The minimum atomic E-state index is -1.08. The molecule has 4 atom stereocenters. The number of aliphatic hydroxyl groups is 3. The third-order valence-electron chi connectivity index (χ3n) is 6.15. The van der Waals surface area contributed by atoms with Crippen molar-refractivity contribution in [3.8, 4) is 0 Å². The Hall–Kier alpha value is -0.460. The smallest absolute Gasteiger partial charge is 0.111 e. The van der Waals surface area contributed by atoms with E-state index in [1.54, 1.807) is 0 Å². The molecule has 1 saturated heterocycles. The van der Waals surface area contributed by atoms with E-state index < -0.39 is 24.4 Å². The van der Waals surface area contributed by atoms with Crippen LogP contribution in [-0.2, 0) is 9.47 Å². The molecule has 0 unspecified atom stereocenters. The summed E-state index contributed by atoms with van der Waals surface area (Å²) in [5.41, 5.74) is 0. The first kappa shape index (κ1) is 27.6. The molecule has 5 heteroatoms. The number of hydrogen-bond donors (Lipinski definition) is 3. The lowest BCUT2D eigenvalue weighted by atomic mass is 10.0. The van der Waals surface area contributed by atoms with Gasteiger partial charge in [0.25, 0.3) is 0 Å². The highest BCUT2D eigenvalue weighted by Crippen LogP contribution is 2.18. The van der Waals surface area contributed by atoms with Crippen molar-refractivity contribution in [2.45, 2.75) is 127 Å². The van der Waals surface area contributed by atoms with Crippen molar-refractivity contribution in [2.24, 2.45) is 0 Å². The number of hydrogen-bond acceptors (Lipinski definition) is 5. The van der Waals surface area contributed by atoms with Crippen LogP contribution in [0.3, 0.4) is 0 Å². The van der Waals surface area contributed by atoms with Gasteiger partial charge in [0.05, 0.1) is 13.2 Å². The SMILES string of the molecule is C=CCCCCCCCCCCCCCCCCCO[C@@H]1CO[C@@H](CO)[C@H](O)[C@H]1O. The molecule has 0 aromatic carbocycles. The van der Waals surface area contributed by atoms with Gasteiger partial charge in [-0.2, -0.15) is 0 Å².